The van der Waals surface area contributed by atoms with Crippen molar-refractivity contribution in [1.29, 1.82) is 0 Å². The fourth-order valence-corrected chi connectivity index (χ4v) is 4.48. The fourth-order valence-electron chi connectivity index (χ4n) is 4.48. The van der Waals surface area contributed by atoms with E-state index in [0.717, 1.165) is 6.42 Å². The molecule has 0 spiro atoms. The standard InChI is InChI=1S/C27H25NO/c1-3-19-9-11-26-24(15-19)25-17-23(29)10-12-27(25)28(26)22-14-18(2)13-21(16-22)20-7-5-4-6-8-20/h4-16,23,29H,3,17H2,1-2H3. The number of aromatic nitrogens is 1. The van der Waals surface area contributed by atoms with Crippen LogP contribution < -0.4 is 0 Å². The molecular weight excluding hydrogens is 354 g/mol. The van der Waals surface area contributed by atoms with E-state index in [1.165, 1.54) is 50.1 Å². The maximum atomic E-state index is 10.3. The lowest BCUT2D eigenvalue weighted by molar-refractivity contribution is 0.223. The number of aliphatic hydroxyl groups is 1. The van der Waals surface area contributed by atoms with Gasteiger partial charge in [-0.3, -0.25) is 0 Å². The van der Waals surface area contributed by atoms with E-state index in [1.807, 2.05) is 6.08 Å². The van der Waals surface area contributed by atoms with Crippen molar-refractivity contribution < 1.29 is 5.11 Å². The zero-order valence-electron chi connectivity index (χ0n) is 16.9. The molecule has 0 aliphatic heterocycles. The Labute approximate surface area is 171 Å². The van der Waals surface area contributed by atoms with Gasteiger partial charge in [0.15, 0.2) is 0 Å². The van der Waals surface area contributed by atoms with Crippen molar-refractivity contribution >= 4 is 17.0 Å². The zero-order chi connectivity index (χ0) is 20.0. The zero-order valence-corrected chi connectivity index (χ0v) is 16.9. The molecule has 1 N–H and O–H groups in total. The first kappa shape index (κ1) is 18.0. The van der Waals surface area contributed by atoms with Crippen LogP contribution in [0.1, 0.15) is 29.3 Å². The highest BCUT2D eigenvalue weighted by Crippen LogP contribution is 2.36. The van der Waals surface area contributed by atoms with Gasteiger partial charge in [0, 0.05) is 23.2 Å². The number of benzene rings is 3. The lowest BCUT2D eigenvalue weighted by atomic mass is 9.97. The van der Waals surface area contributed by atoms with Crippen molar-refractivity contribution in [3.63, 3.8) is 0 Å². The van der Waals surface area contributed by atoms with Crippen molar-refractivity contribution in [2.75, 3.05) is 0 Å². The lowest BCUT2D eigenvalue weighted by Crippen LogP contribution is -2.12. The minimum absolute atomic E-state index is 0.413. The van der Waals surface area contributed by atoms with Crippen LogP contribution in [0.3, 0.4) is 0 Å². The van der Waals surface area contributed by atoms with Gasteiger partial charge in [-0.15, -0.1) is 0 Å². The normalized spacial score (nSPS) is 15.6. The Bertz CT molecular complexity index is 1230. The molecule has 2 heteroatoms. The van der Waals surface area contributed by atoms with E-state index in [9.17, 15) is 5.11 Å². The molecule has 0 amide bonds. The molecule has 0 bridgehead atoms. The molecule has 0 radical (unpaired) electrons. The highest BCUT2D eigenvalue weighted by Gasteiger charge is 2.22. The molecule has 1 atom stereocenters. The average Bonchev–Trinajstić information content (AvgIpc) is 3.06. The summed E-state index contributed by atoms with van der Waals surface area (Å²) >= 11 is 0. The predicted molar refractivity (Wildman–Crippen MR) is 122 cm³/mol. The van der Waals surface area contributed by atoms with Gasteiger partial charge in [-0.1, -0.05) is 55.5 Å². The maximum absolute atomic E-state index is 10.3. The third-order valence-electron chi connectivity index (χ3n) is 5.90. The van der Waals surface area contributed by atoms with E-state index in [0.29, 0.717) is 6.42 Å². The number of fused-ring (bicyclic) bond motifs is 3. The molecule has 1 aliphatic rings. The minimum atomic E-state index is -0.413. The summed E-state index contributed by atoms with van der Waals surface area (Å²) in [7, 11) is 0. The van der Waals surface area contributed by atoms with Crippen LogP contribution in [0.15, 0.2) is 72.8 Å². The molecule has 1 aromatic heterocycles. The molecule has 1 unspecified atom stereocenters. The van der Waals surface area contributed by atoms with Gasteiger partial charge in [0.2, 0.25) is 0 Å². The van der Waals surface area contributed by atoms with Crippen LogP contribution in [0, 0.1) is 6.92 Å². The summed E-state index contributed by atoms with van der Waals surface area (Å²) < 4.78 is 2.35. The second kappa shape index (κ2) is 7.06. The summed E-state index contributed by atoms with van der Waals surface area (Å²) in [5.41, 5.74) is 9.81. The van der Waals surface area contributed by atoms with Gasteiger partial charge in [-0.2, -0.15) is 0 Å². The smallest absolute Gasteiger partial charge is 0.0766 e. The molecule has 0 fully saturated rings. The quantitative estimate of drug-likeness (QED) is 0.457. The summed E-state index contributed by atoms with van der Waals surface area (Å²) in [6.45, 7) is 4.34. The Morgan fingerprint density at radius 3 is 2.59 bits per heavy atom. The van der Waals surface area contributed by atoms with Gasteiger partial charge in [0.25, 0.3) is 0 Å². The van der Waals surface area contributed by atoms with Crippen molar-refractivity contribution in [2.45, 2.75) is 32.8 Å². The highest BCUT2D eigenvalue weighted by atomic mass is 16.3. The molecule has 3 aromatic carbocycles. The predicted octanol–water partition coefficient (Wildman–Crippen LogP) is 6.10. The van der Waals surface area contributed by atoms with E-state index in [1.54, 1.807) is 0 Å². The van der Waals surface area contributed by atoms with E-state index in [2.05, 4.69) is 91.2 Å². The number of aryl methyl sites for hydroxylation is 2. The second-order valence-electron chi connectivity index (χ2n) is 7.96. The SMILES string of the molecule is CCc1ccc2c(c1)c1c(n2-c2cc(C)cc(-c3ccccc3)c2)C=CC(O)C1. The largest absolute Gasteiger partial charge is 0.389 e. The molecule has 29 heavy (non-hydrogen) atoms. The van der Waals surface area contributed by atoms with Crippen LogP contribution in [-0.4, -0.2) is 15.8 Å². The van der Waals surface area contributed by atoms with Crippen LogP contribution in [-0.2, 0) is 12.8 Å². The molecule has 0 saturated carbocycles. The van der Waals surface area contributed by atoms with Crippen LogP contribution in [0.25, 0.3) is 33.8 Å². The molecule has 4 aromatic rings. The topological polar surface area (TPSA) is 25.2 Å². The number of hydrogen-bond donors (Lipinski definition) is 1. The van der Waals surface area contributed by atoms with Gasteiger partial charge in [0.1, 0.15) is 0 Å². The van der Waals surface area contributed by atoms with Crippen molar-refractivity contribution in [2.24, 2.45) is 0 Å². The summed E-state index contributed by atoms with van der Waals surface area (Å²) in [6, 6.07) is 24.1. The fraction of sp³-hybridized carbons (Fsp3) is 0.185. The van der Waals surface area contributed by atoms with E-state index in [4.69, 9.17) is 0 Å². The van der Waals surface area contributed by atoms with Gasteiger partial charge in [-0.05, 0) is 71.5 Å². The summed E-state index contributed by atoms with van der Waals surface area (Å²) in [5.74, 6) is 0. The first-order chi connectivity index (χ1) is 14.1. The molecule has 1 aliphatic carbocycles. The Morgan fingerprint density at radius 1 is 0.966 bits per heavy atom. The molecular formula is C27H25NO. The van der Waals surface area contributed by atoms with Gasteiger partial charge in [-0.25, -0.2) is 0 Å². The van der Waals surface area contributed by atoms with Gasteiger partial charge >= 0.3 is 0 Å². The Morgan fingerprint density at radius 2 is 1.79 bits per heavy atom. The Kier molecular flexibility index (Phi) is 4.37. The van der Waals surface area contributed by atoms with E-state index < -0.39 is 6.10 Å². The number of hydrogen-bond acceptors (Lipinski definition) is 1. The van der Waals surface area contributed by atoms with Crippen molar-refractivity contribution in [1.82, 2.24) is 4.57 Å². The minimum Gasteiger partial charge on any atom is -0.389 e. The van der Waals surface area contributed by atoms with Crippen LogP contribution in [0.2, 0.25) is 0 Å². The van der Waals surface area contributed by atoms with Gasteiger partial charge in [0.05, 0.1) is 11.6 Å². The molecule has 2 nitrogen and oxygen atoms in total. The summed E-state index contributed by atoms with van der Waals surface area (Å²) in [5, 5.41) is 11.5. The molecule has 1 heterocycles. The number of nitrogens with zero attached hydrogens (tertiary/aromatic N) is 1. The van der Waals surface area contributed by atoms with Crippen molar-refractivity contribution in [3.8, 4) is 16.8 Å². The molecule has 0 saturated heterocycles. The summed E-state index contributed by atoms with van der Waals surface area (Å²) in [6.07, 6.45) is 5.26. The molecule has 144 valence electrons. The lowest BCUT2D eigenvalue weighted by Gasteiger charge is -2.16. The average molecular weight is 380 g/mol. The third-order valence-corrected chi connectivity index (χ3v) is 5.90. The maximum Gasteiger partial charge on any atom is 0.0766 e. The van der Waals surface area contributed by atoms with Crippen LogP contribution in [0.5, 0.6) is 0 Å². The highest BCUT2D eigenvalue weighted by molar-refractivity contribution is 5.91. The van der Waals surface area contributed by atoms with Gasteiger partial charge < -0.3 is 9.67 Å². The Balaban J connectivity index is 1.79. The first-order valence-corrected chi connectivity index (χ1v) is 10.3. The second-order valence-corrected chi connectivity index (χ2v) is 7.96. The van der Waals surface area contributed by atoms with Crippen molar-refractivity contribution in [3.05, 3.63) is 95.2 Å². The van der Waals surface area contributed by atoms with E-state index in [-0.39, 0.29) is 0 Å². The Hall–Kier alpha value is -3.10. The first-order valence-electron chi connectivity index (χ1n) is 10.3. The van der Waals surface area contributed by atoms with Crippen LogP contribution >= 0.6 is 0 Å². The molecule has 5 rings (SSSR count). The monoisotopic (exact) mass is 379 g/mol. The third kappa shape index (κ3) is 3.10. The summed E-state index contributed by atoms with van der Waals surface area (Å²) in [4.78, 5) is 0. The number of aliphatic hydroxyl groups excluding tert-OH is 1. The van der Waals surface area contributed by atoms with Crippen LogP contribution in [0.4, 0.5) is 0 Å². The number of rotatable bonds is 3. The van der Waals surface area contributed by atoms with E-state index >= 15 is 0 Å².